The Morgan fingerprint density at radius 2 is 1.90 bits per heavy atom. The summed E-state index contributed by atoms with van der Waals surface area (Å²) < 4.78 is 27.9. The third kappa shape index (κ3) is 4.28. The molecule has 0 spiro atoms. The van der Waals surface area contributed by atoms with Crippen LogP contribution in [0.5, 0.6) is 0 Å². The Morgan fingerprint density at radius 3 is 2.52 bits per heavy atom. The van der Waals surface area contributed by atoms with E-state index in [1.165, 1.54) is 12.8 Å². The van der Waals surface area contributed by atoms with Gasteiger partial charge < -0.3 is 5.32 Å². The van der Waals surface area contributed by atoms with Crippen molar-refractivity contribution in [1.29, 1.82) is 0 Å². The molecule has 2 aliphatic rings. The zero-order valence-electron chi connectivity index (χ0n) is 16.3. The summed E-state index contributed by atoms with van der Waals surface area (Å²) in [5.74, 6) is 0.945. The van der Waals surface area contributed by atoms with Gasteiger partial charge in [-0.1, -0.05) is 41.8 Å². The number of hydrogen-bond donors (Lipinski definition) is 1. The lowest BCUT2D eigenvalue weighted by atomic mass is 9.95. The highest BCUT2D eigenvalue weighted by atomic mass is 35.5. The number of nitrogens with one attached hydrogen (secondary N) is 1. The molecular weight excluding hydrogens is 408 g/mol. The maximum Gasteiger partial charge on any atom is 0.264 e. The fourth-order valence-electron chi connectivity index (χ4n) is 4.59. The van der Waals surface area contributed by atoms with Crippen molar-refractivity contribution in [1.82, 2.24) is 5.32 Å². The molecule has 0 aromatic heterocycles. The number of rotatable bonds is 6. The van der Waals surface area contributed by atoms with Gasteiger partial charge in [-0.25, -0.2) is 8.42 Å². The summed E-state index contributed by atoms with van der Waals surface area (Å²) in [6.07, 6.45) is 4.56. The van der Waals surface area contributed by atoms with Gasteiger partial charge in [0.25, 0.3) is 10.0 Å². The Kier molecular flexibility index (Phi) is 5.58. The lowest BCUT2D eigenvalue weighted by Gasteiger charge is -2.27. The molecule has 2 aromatic carbocycles. The number of carbonyl (C=O) groups is 1. The highest BCUT2D eigenvalue weighted by Crippen LogP contribution is 2.44. The average Bonchev–Trinajstić information content (AvgIpc) is 3.29. The normalized spacial score (nSPS) is 23.2. The van der Waals surface area contributed by atoms with E-state index in [0.29, 0.717) is 22.5 Å². The second-order valence-electron chi connectivity index (χ2n) is 8.15. The van der Waals surface area contributed by atoms with E-state index in [-0.39, 0.29) is 23.4 Å². The van der Waals surface area contributed by atoms with Gasteiger partial charge in [-0.3, -0.25) is 9.10 Å². The van der Waals surface area contributed by atoms with Crippen molar-refractivity contribution in [2.75, 3.05) is 10.8 Å². The first-order valence-corrected chi connectivity index (χ1v) is 11.8. The second-order valence-corrected chi connectivity index (χ2v) is 10.5. The molecule has 1 N–H and O–H groups in total. The van der Waals surface area contributed by atoms with Crippen LogP contribution in [0.2, 0.25) is 5.02 Å². The molecule has 5 nitrogen and oxygen atoms in total. The number of halogens is 1. The maximum atomic E-state index is 13.4. The first-order chi connectivity index (χ1) is 13.8. The number of sulfonamides is 1. The quantitative estimate of drug-likeness (QED) is 0.745. The van der Waals surface area contributed by atoms with Gasteiger partial charge in [0.2, 0.25) is 5.91 Å². The summed E-state index contributed by atoms with van der Waals surface area (Å²) >= 11 is 6.10. The van der Waals surface area contributed by atoms with Crippen molar-refractivity contribution in [3.63, 3.8) is 0 Å². The lowest BCUT2D eigenvalue weighted by Crippen LogP contribution is -2.46. The fourth-order valence-corrected chi connectivity index (χ4v) is 6.19. The van der Waals surface area contributed by atoms with E-state index in [9.17, 15) is 13.2 Å². The lowest BCUT2D eigenvalue weighted by molar-refractivity contribution is -0.120. The molecule has 7 heteroatoms. The van der Waals surface area contributed by atoms with Crippen LogP contribution in [0.3, 0.4) is 0 Å². The maximum absolute atomic E-state index is 13.4. The van der Waals surface area contributed by atoms with Crippen LogP contribution in [0.15, 0.2) is 53.4 Å². The van der Waals surface area contributed by atoms with Crippen LogP contribution in [0, 0.1) is 18.8 Å². The Hall–Kier alpha value is -2.05. The number of fused-ring (bicyclic) bond motifs is 2. The Bertz CT molecular complexity index is 1010. The van der Waals surface area contributed by atoms with E-state index in [0.717, 1.165) is 22.7 Å². The largest absolute Gasteiger partial charge is 0.352 e. The first-order valence-electron chi connectivity index (χ1n) is 9.97. The molecule has 29 heavy (non-hydrogen) atoms. The molecule has 2 saturated carbocycles. The molecule has 0 unspecified atom stereocenters. The van der Waals surface area contributed by atoms with E-state index in [4.69, 9.17) is 11.6 Å². The summed E-state index contributed by atoms with van der Waals surface area (Å²) in [6, 6.07) is 13.4. The Morgan fingerprint density at radius 1 is 1.14 bits per heavy atom. The minimum absolute atomic E-state index is 0.149. The number of amides is 1. The predicted octanol–water partition coefficient (Wildman–Crippen LogP) is 4.15. The van der Waals surface area contributed by atoms with Crippen molar-refractivity contribution < 1.29 is 13.2 Å². The highest BCUT2D eigenvalue weighted by Gasteiger charge is 2.40. The molecule has 4 rings (SSSR count). The van der Waals surface area contributed by atoms with Crippen molar-refractivity contribution in [3.8, 4) is 0 Å². The van der Waals surface area contributed by atoms with E-state index in [2.05, 4.69) is 5.32 Å². The van der Waals surface area contributed by atoms with Crippen molar-refractivity contribution in [2.24, 2.45) is 11.8 Å². The zero-order chi connectivity index (χ0) is 20.6. The molecular formula is C22H25ClN2O3S. The van der Waals surface area contributed by atoms with Crippen molar-refractivity contribution >= 4 is 33.2 Å². The molecule has 154 valence electrons. The minimum atomic E-state index is -3.91. The zero-order valence-corrected chi connectivity index (χ0v) is 17.9. The van der Waals surface area contributed by atoms with Gasteiger partial charge in [0, 0.05) is 11.1 Å². The van der Waals surface area contributed by atoms with Crippen molar-refractivity contribution in [2.45, 2.75) is 43.5 Å². The smallest absolute Gasteiger partial charge is 0.264 e. The van der Waals surface area contributed by atoms with Gasteiger partial charge in [0.15, 0.2) is 0 Å². The number of anilines is 1. The molecule has 0 radical (unpaired) electrons. The summed E-state index contributed by atoms with van der Waals surface area (Å²) in [5.41, 5.74) is 1.34. The summed E-state index contributed by atoms with van der Waals surface area (Å²) in [4.78, 5) is 13.0. The number of carbonyl (C=O) groups excluding carboxylic acids is 1. The molecule has 0 heterocycles. The molecule has 2 fully saturated rings. The van der Waals surface area contributed by atoms with E-state index >= 15 is 0 Å². The minimum Gasteiger partial charge on any atom is -0.352 e. The summed E-state index contributed by atoms with van der Waals surface area (Å²) in [6.45, 7) is 1.62. The standard InChI is InChI=1S/C22H25ClN2O3S/c1-15-5-9-20(10-6-15)29(27,28)25(19-4-2-3-18(23)13-19)14-22(26)24-21-12-16-7-8-17(21)11-16/h2-6,9-10,13,16-17,21H,7-8,11-12,14H2,1H3,(H,24,26)/t16-,17-,21-/m1/s1. The van der Waals surface area contributed by atoms with Gasteiger partial charge in [-0.2, -0.15) is 0 Å². The van der Waals surface area contributed by atoms with Crippen LogP contribution in [0.1, 0.15) is 31.2 Å². The monoisotopic (exact) mass is 432 g/mol. The van der Waals surface area contributed by atoms with Gasteiger partial charge in [0.05, 0.1) is 10.6 Å². The number of aryl methyl sites for hydroxylation is 1. The third-order valence-electron chi connectivity index (χ3n) is 6.08. The number of benzene rings is 2. The van der Waals surface area contributed by atoms with E-state index in [1.807, 2.05) is 6.92 Å². The molecule has 0 aliphatic heterocycles. The van der Waals surface area contributed by atoms with Crippen LogP contribution in [-0.2, 0) is 14.8 Å². The first kappa shape index (κ1) is 20.2. The van der Waals surface area contributed by atoms with Crippen LogP contribution in [0.25, 0.3) is 0 Å². The van der Waals surface area contributed by atoms with Gasteiger partial charge in [-0.15, -0.1) is 0 Å². The fraction of sp³-hybridized carbons (Fsp3) is 0.409. The van der Waals surface area contributed by atoms with Crippen LogP contribution < -0.4 is 9.62 Å². The number of hydrogen-bond acceptors (Lipinski definition) is 3. The van der Waals surface area contributed by atoms with Crippen LogP contribution in [0.4, 0.5) is 5.69 Å². The third-order valence-corrected chi connectivity index (χ3v) is 8.10. The molecule has 0 saturated heterocycles. The summed E-state index contributed by atoms with van der Waals surface area (Å²) in [7, 11) is -3.91. The SMILES string of the molecule is Cc1ccc(S(=O)(=O)N(CC(=O)N[C@@H]2C[C@@H]3CC[C@@H]2C3)c2cccc(Cl)c2)cc1. The second kappa shape index (κ2) is 8.00. The molecule has 2 aromatic rings. The predicted molar refractivity (Wildman–Crippen MR) is 115 cm³/mol. The number of nitrogens with zero attached hydrogens (tertiary/aromatic N) is 1. The summed E-state index contributed by atoms with van der Waals surface area (Å²) in [5, 5.41) is 3.50. The molecule has 1 amide bonds. The average molecular weight is 433 g/mol. The van der Waals surface area contributed by atoms with E-state index < -0.39 is 10.0 Å². The van der Waals surface area contributed by atoms with Gasteiger partial charge >= 0.3 is 0 Å². The molecule has 2 bridgehead atoms. The van der Waals surface area contributed by atoms with Crippen LogP contribution in [-0.4, -0.2) is 26.9 Å². The Labute approximate surface area is 177 Å². The van der Waals surface area contributed by atoms with E-state index in [1.54, 1.807) is 48.5 Å². The van der Waals surface area contributed by atoms with Crippen LogP contribution >= 0.6 is 11.6 Å². The molecule has 3 atom stereocenters. The molecule has 2 aliphatic carbocycles. The topological polar surface area (TPSA) is 66.5 Å². The Balaban J connectivity index is 1.60. The highest BCUT2D eigenvalue weighted by molar-refractivity contribution is 7.92. The van der Waals surface area contributed by atoms with Gasteiger partial charge in [0.1, 0.15) is 6.54 Å². The van der Waals surface area contributed by atoms with Gasteiger partial charge in [-0.05, 0) is 68.4 Å². The van der Waals surface area contributed by atoms with Crippen molar-refractivity contribution in [3.05, 3.63) is 59.1 Å².